The lowest BCUT2D eigenvalue weighted by atomic mass is 9.48. The summed E-state index contributed by atoms with van der Waals surface area (Å²) >= 11 is 0. The predicted octanol–water partition coefficient (Wildman–Crippen LogP) is 3.23. The fraction of sp³-hybridized carbons (Fsp3) is 0.786. The lowest BCUT2D eigenvalue weighted by Crippen LogP contribution is -2.46. The molecule has 4 saturated carbocycles. The Labute approximate surface area is 96.7 Å². The van der Waals surface area contributed by atoms with E-state index in [4.69, 9.17) is 5.11 Å². The molecule has 0 radical (unpaired) electrons. The number of hydrogen-bond acceptors (Lipinski definition) is 1. The number of rotatable bonds is 2. The first-order valence-electron chi connectivity index (χ1n) is 6.49. The van der Waals surface area contributed by atoms with Gasteiger partial charge in [0.25, 0.3) is 0 Å². The molecule has 0 aromatic rings. The van der Waals surface area contributed by atoms with E-state index in [1.165, 1.54) is 44.6 Å². The van der Waals surface area contributed by atoms with Crippen molar-refractivity contribution in [1.82, 2.24) is 0 Å². The highest BCUT2D eigenvalue weighted by Gasteiger charge is 2.51. The summed E-state index contributed by atoms with van der Waals surface area (Å²) in [4.78, 5) is 10.8. The van der Waals surface area contributed by atoms with Crippen molar-refractivity contribution in [3.63, 3.8) is 0 Å². The Morgan fingerprint density at radius 1 is 1.12 bits per heavy atom. The van der Waals surface area contributed by atoms with Crippen LogP contribution < -0.4 is 0 Å². The molecule has 0 aromatic heterocycles. The molecule has 2 heteroatoms. The molecule has 4 rings (SSSR count). The number of aliphatic carboxylic acids is 1. The molecule has 2 nitrogen and oxygen atoms in total. The number of carboxylic acids is 1. The van der Waals surface area contributed by atoms with Crippen LogP contribution in [0.25, 0.3) is 0 Å². The lowest BCUT2D eigenvalue weighted by Gasteiger charge is -2.57. The third-order valence-corrected chi connectivity index (χ3v) is 5.21. The molecule has 0 atom stereocenters. The Kier molecular flexibility index (Phi) is 2.17. The maximum Gasteiger partial charge on any atom is 0.328 e. The summed E-state index contributed by atoms with van der Waals surface area (Å²) in [6.07, 6.45) is 9.49. The Hall–Kier alpha value is -0.790. The first-order chi connectivity index (χ1) is 7.57. The first-order valence-corrected chi connectivity index (χ1v) is 6.49. The van der Waals surface area contributed by atoms with Gasteiger partial charge in [0, 0.05) is 6.08 Å². The molecule has 0 saturated heterocycles. The molecule has 0 amide bonds. The van der Waals surface area contributed by atoms with E-state index in [2.05, 4.69) is 0 Å². The van der Waals surface area contributed by atoms with E-state index in [-0.39, 0.29) is 5.41 Å². The fourth-order valence-electron chi connectivity index (χ4n) is 4.93. The topological polar surface area (TPSA) is 37.3 Å². The molecule has 0 spiro atoms. The van der Waals surface area contributed by atoms with Gasteiger partial charge in [-0.2, -0.15) is 0 Å². The van der Waals surface area contributed by atoms with E-state index < -0.39 is 5.97 Å². The minimum Gasteiger partial charge on any atom is -0.478 e. The minimum absolute atomic E-state index is 0.271. The van der Waals surface area contributed by atoms with Gasteiger partial charge in [0.2, 0.25) is 0 Å². The second-order valence-corrected chi connectivity index (χ2v) is 6.36. The SMILES string of the molecule is C/C(=C/C(=O)O)C12CC3CC(CC(C3)C1)C2. The average molecular weight is 220 g/mol. The van der Waals surface area contributed by atoms with Crippen LogP contribution in [0.3, 0.4) is 0 Å². The van der Waals surface area contributed by atoms with Crippen LogP contribution in [-0.4, -0.2) is 11.1 Å². The molecule has 16 heavy (non-hydrogen) atoms. The zero-order valence-corrected chi connectivity index (χ0v) is 9.91. The average Bonchev–Trinajstić information content (AvgIpc) is 2.13. The molecule has 4 aliphatic rings. The van der Waals surface area contributed by atoms with E-state index in [1.54, 1.807) is 0 Å². The number of carboxylic acid groups (broad SMARTS) is 1. The van der Waals surface area contributed by atoms with Gasteiger partial charge in [-0.1, -0.05) is 5.57 Å². The molecule has 4 fully saturated rings. The van der Waals surface area contributed by atoms with Crippen molar-refractivity contribution < 1.29 is 9.90 Å². The summed E-state index contributed by atoms with van der Waals surface area (Å²) in [5, 5.41) is 8.91. The van der Waals surface area contributed by atoms with Crippen molar-refractivity contribution in [1.29, 1.82) is 0 Å². The standard InChI is InChI=1S/C14H20O2/c1-9(2-13(15)16)14-6-10-3-11(7-14)5-12(4-10)8-14/h2,10-12H,3-8H2,1H3,(H,15,16)/b9-2-. The summed E-state index contributed by atoms with van der Waals surface area (Å²) in [6.45, 7) is 2.04. The summed E-state index contributed by atoms with van der Waals surface area (Å²) in [7, 11) is 0. The van der Waals surface area contributed by atoms with Gasteiger partial charge >= 0.3 is 5.97 Å². The maximum atomic E-state index is 10.8. The Morgan fingerprint density at radius 3 is 1.94 bits per heavy atom. The van der Waals surface area contributed by atoms with Crippen LogP contribution >= 0.6 is 0 Å². The van der Waals surface area contributed by atoms with E-state index in [0.29, 0.717) is 0 Å². The zero-order valence-electron chi connectivity index (χ0n) is 9.91. The third kappa shape index (κ3) is 1.50. The van der Waals surface area contributed by atoms with Crippen molar-refractivity contribution in [3.8, 4) is 0 Å². The predicted molar refractivity (Wildman–Crippen MR) is 62.0 cm³/mol. The van der Waals surface area contributed by atoms with Gasteiger partial charge in [0.05, 0.1) is 0 Å². The number of allylic oxidation sites excluding steroid dienone is 1. The van der Waals surface area contributed by atoms with Gasteiger partial charge in [0.1, 0.15) is 0 Å². The van der Waals surface area contributed by atoms with Crippen LogP contribution in [0.1, 0.15) is 45.4 Å². The molecule has 0 unspecified atom stereocenters. The summed E-state index contributed by atoms with van der Waals surface area (Å²) in [5.41, 5.74) is 1.41. The Balaban J connectivity index is 1.91. The number of carbonyl (C=O) groups is 1. The maximum absolute atomic E-state index is 10.8. The molecule has 0 aliphatic heterocycles. The van der Waals surface area contributed by atoms with Crippen LogP contribution in [-0.2, 0) is 4.79 Å². The molecule has 0 heterocycles. The second-order valence-electron chi connectivity index (χ2n) is 6.36. The molecular formula is C14H20O2. The monoisotopic (exact) mass is 220 g/mol. The molecular weight excluding hydrogens is 200 g/mol. The summed E-state index contributed by atoms with van der Waals surface area (Å²) in [6, 6.07) is 0. The van der Waals surface area contributed by atoms with Crippen molar-refractivity contribution in [2.24, 2.45) is 23.2 Å². The van der Waals surface area contributed by atoms with E-state index >= 15 is 0 Å². The highest BCUT2D eigenvalue weighted by atomic mass is 16.4. The highest BCUT2D eigenvalue weighted by Crippen LogP contribution is 2.62. The molecule has 1 N–H and O–H groups in total. The summed E-state index contributed by atoms with van der Waals surface area (Å²) in [5.74, 6) is 1.91. The molecule has 4 bridgehead atoms. The van der Waals surface area contributed by atoms with Crippen molar-refractivity contribution in [2.75, 3.05) is 0 Å². The van der Waals surface area contributed by atoms with Gasteiger partial charge in [0.15, 0.2) is 0 Å². The van der Waals surface area contributed by atoms with Crippen molar-refractivity contribution in [3.05, 3.63) is 11.6 Å². The molecule has 88 valence electrons. The first kappa shape index (κ1) is 10.4. The van der Waals surface area contributed by atoms with Gasteiger partial charge in [-0.05, 0) is 68.6 Å². The van der Waals surface area contributed by atoms with Crippen LogP contribution in [0, 0.1) is 23.2 Å². The second kappa shape index (κ2) is 3.35. The van der Waals surface area contributed by atoms with Gasteiger partial charge in [-0.25, -0.2) is 4.79 Å². The normalized spacial score (nSPS) is 46.1. The van der Waals surface area contributed by atoms with Crippen molar-refractivity contribution >= 4 is 5.97 Å². The van der Waals surface area contributed by atoms with Gasteiger partial charge < -0.3 is 5.11 Å². The van der Waals surface area contributed by atoms with E-state index in [9.17, 15) is 4.79 Å². The smallest absolute Gasteiger partial charge is 0.328 e. The molecule has 0 aromatic carbocycles. The summed E-state index contributed by atoms with van der Waals surface area (Å²) < 4.78 is 0. The number of hydrogen-bond donors (Lipinski definition) is 1. The van der Waals surface area contributed by atoms with Gasteiger partial charge in [-0.15, -0.1) is 0 Å². The van der Waals surface area contributed by atoms with E-state index in [1.807, 2.05) is 6.92 Å². The molecule has 4 aliphatic carbocycles. The minimum atomic E-state index is -0.770. The highest BCUT2D eigenvalue weighted by molar-refractivity contribution is 5.80. The third-order valence-electron chi connectivity index (χ3n) is 5.21. The quantitative estimate of drug-likeness (QED) is 0.725. The fourth-order valence-corrected chi connectivity index (χ4v) is 4.93. The largest absolute Gasteiger partial charge is 0.478 e. The van der Waals surface area contributed by atoms with Crippen LogP contribution in [0.2, 0.25) is 0 Å². The van der Waals surface area contributed by atoms with Crippen LogP contribution in [0.4, 0.5) is 0 Å². The zero-order chi connectivity index (χ0) is 11.3. The Morgan fingerprint density at radius 2 is 1.56 bits per heavy atom. The lowest BCUT2D eigenvalue weighted by molar-refractivity contribution is -0.131. The van der Waals surface area contributed by atoms with Crippen LogP contribution in [0.5, 0.6) is 0 Å². The van der Waals surface area contributed by atoms with Gasteiger partial charge in [-0.3, -0.25) is 0 Å². The van der Waals surface area contributed by atoms with E-state index in [0.717, 1.165) is 23.3 Å². The Bertz CT molecular complexity index is 318. The van der Waals surface area contributed by atoms with Crippen molar-refractivity contribution in [2.45, 2.75) is 45.4 Å². The van der Waals surface area contributed by atoms with Crippen LogP contribution in [0.15, 0.2) is 11.6 Å².